The van der Waals surface area contributed by atoms with Crippen molar-refractivity contribution in [2.75, 3.05) is 13.2 Å². The highest BCUT2D eigenvalue weighted by atomic mass is 19.2. The maximum Gasteiger partial charge on any atom is 0.251 e. The topological polar surface area (TPSA) is 47.6 Å². The van der Waals surface area contributed by atoms with Crippen LogP contribution in [0.5, 0.6) is 0 Å². The first-order chi connectivity index (χ1) is 11.0. The van der Waals surface area contributed by atoms with Gasteiger partial charge in [-0.1, -0.05) is 0 Å². The van der Waals surface area contributed by atoms with E-state index in [2.05, 4.69) is 5.32 Å². The Morgan fingerprint density at radius 1 is 1.39 bits per heavy atom. The Hall–Kier alpha value is -1.60. The second kappa shape index (κ2) is 6.13. The van der Waals surface area contributed by atoms with Crippen molar-refractivity contribution < 1.29 is 27.4 Å². The number of rotatable bonds is 4. The zero-order valence-corrected chi connectivity index (χ0v) is 12.7. The lowest BCUT2D eigenvalue weighted by Gasteiger charge is -2.52. The summed E-state index contributed by atoms with van der Waals surface area (Å²) < 4.78 is 50.9. The predicted octanol–water partition coefficient (Wildman–Crippen LogP) is 2.56. The number of carbonyl (C=O) groups excluding carboxylic acids is 1. The Morgan fingerprint density at radius 2 is 2.09 bits per heavy atom. The van der Waals surface area contributed by atoms with Gasteiger partial charge in [0.05, 0.1) is 12.1 Å². The third kappa shape index (κ3) is 2.72. The lowest BCUT2D eigenvalue weighted by atomic mass is 9.70. The van der Waals surface area contributed by atoms with Gasteiger partial charge in [0.15, 0.2) is 17.5 Å². The summed E-state index contributed by atoms with van der Waals surface area (Å²) in [6, 6.07) is 1.09. The fraction of sp³-hybridized carbons (Fsp3) is 0.562. The van der Waals surface area contributed by atoms with E-state index in [9.17, 15) is 18.0 Å². The van der Waals surface area contributed by atoms with Gasteiger partial charge in [-0.3, -0.25) is 4.79 Å². The van der Waals surface area contributed by atoms with Crippen LogP contribution in [0, 0.1) is 17.5 Å². The van der Waals surface area contributed by atoms with Crippen molar-refractivity contribution >= 4 is 5.91 Å². The van der Waals surface area contributed by atoms with Gasteiger partial charge in [0.2, 0.25) is 0 Å². The summed E-state index contributed by atoms with van der Waals surface area (Å²) in [5, 5.41) is 2.73. The van der Waals surface area contributed by atoms with Crippen LogP contribution in [0.25, 0.3) is 0 Å². The summed E-state index contributed by atoms with van der Waals surface area (Å²) in [7, 11) is 0. The largest absolute Gasteiger partial charge is 0.375 e. The zero-order valence-electron chi connectivity index (χ0n) is 12.7. The van der Waals surface area contributed by atoms with Crippen molar-refractivity contribution in [2.45, 2.75) is 43.9 Å². The number of hydrogen-bond donors (Lipinski definition) is 1. The molecule has 2 aliphatic rings. The van der Waals surface area contributed by atoms with E-state index in [-0.39, 0.29) is 17.7 Å². The lowest BCUT2D eigenvalue weighted by Crippen LogP contribution is -2.69. The average Bonchev–Trinajstić information content (AvgIpc) is 3.03. The van der Waals surface area contributed by atoms with E-state index < -0.39 is 29.0 Å². The molecule has 1 amide bonds. The molecule has 1 N–H and O–H groups in total. The molecule has 2 fully saturated rings. The normalized spacial score (nSPS) is 29.6. The standard InChI is InChI=1S/C16H18F3NO3/c1-2-22-13-8-12(16(13)4-3-5-23-16)20-15(21)9-6-10(17)14(19)11(18)7-9/h6-7,12-13H,2-5,8H2,1H3,(H,20,21)/t12-,13-,16+/m1/s1. The van der Waals surface area contributed by atoms with Gasteiger partial charge in [-0.05, 0) is 38.3 Å². The zero-order chi connectivity index (χ0) is 16.6. The van der Waals surface area contributed by atoms with Crippen molar-refractivity contribution in [3.05, 3.63) is 35.1 Å². The number of nitrogens with one attached hydrogen (secondary N) is 1. The molecule has 1 saturated carbocycles. The number of hydrogen-bond acceptors (Lipinski definition) is 3. The van der Waals surface area contributed by atoms with Crippen molar-refractivity contribution in [2.24, 2.45) is 0 Å². The highest BCUT2D eigenvalue weighted by Crippen LogP contribution is 2.45. The number of halogens is 3. The van der Waals surface area contributed by atoms with Crippen molar-refractivity contribution in [1.82, 2.24) is 5.32 Å². The molecule has 0 unspecified atom stereocenters. The molecule has 1 aliphatic heterocycles. The van der Waals surface area contributed by atoms with Crippen LogP contribution in [0.1, 0.15) is 36.5 Å². The Morgan fingerprint density at radius 3 is 2.65 bits per heavy atom. The molecule has 23 heavy (non-hydrogen) atoms. The van der Waals surface area contributed by atoms with Crippen LogP contribution >= 0.6 is 0 Å². The maximum absolute atomic E-state index is 13.3. The molecule has 126 valence electrons. The van der Waals surface area contributed by atoms with E-state index in [1.165, 1.54) is 0 Å². The van der Waals surface area contributed by atoms with Crippen LogP contribution in [0.15, 0.2) is 12.1 Å². The molecule has 1 saturated heterocycles. The van der Waals surface area contributed by atoms with Gasteiger partial charge in [-0.25, -0.2) is 13.2 Å². The number of amides is 1. The van der Waals surface area contributed by atoms with Gasteiger partial charge in [-0.2, -0.15) is 0 Å². The molecule has 1 aromatic rings. The first-order valence-electron chi connectivity index (χ1n) is 7.69. The molecule has 1 aliphatic carbocycles. The SMILES string of the molecule is CCO[C@@H]1C[C@@H](NC(=O)c2cc(F)c(F)c(F)c2)[C@@]12CCCO2. The fourth-order valence-electron chi connectivity index (χ4n) is 3.41. The second-order valence-electron chi connectivity index (χ2n) is 5.87. The molecule has 1 spiro atoms. The molecule has 0 radical (unpaired) electrons. The van der Waals surface area contributed by atoms with Gasteiger partial charge in [0, 0.05) is 18.8 Å². The van der Waals surface area contributed by atoms with E-state index >= 15 is 0 Å². The molecule has 7 heteroatoms. The third-order valence-electron chi connectivity index (χ3n) is 4.59. The number of ether oxygens (including phenoxy) is 2. The summed E-state index contributed by atoms with van der Waals surface area (Å²) in [6.45, 7) is 3.03. The number of carbonyl (C=O) groups is 1. The molecule has 1 aromatic carbocycles. The summed E-state index contributed by atoms with van der Waals surface area (Å²) >= 11 is 0. The fourth-order valence-corrected chi connectivity index (χ4v) is 3.41. The van der Waals surface area contributed by atoms with Gasteiger partial charge < -0.3 is 14.8 Å². The van der Waals surface area contributed by atoms with E-state index in [4.69, 9.17) is 9.47 Å². The van der Waals surface area contributed by atoms with Crippen molar-refractivity contribution in [3.8, 4) is 0 Å². The van der Waals surface area contributed by atoms with Crippen LogP contribution in [-0.2, 0) is 9.47 Å². The minimum Gasteiger partial charge on any atom is -0.375 e. The van der Waals surface area contributed by atoms with E-state index in [1.54, 1.807) is 0 Å². The first kappa shape index (κ1) is 16.3. The van der Waals surface area contributed by atoms with Crippen LogP contribution in [0.2, 0.25) is 0 Å². The third-order valence-corrected chi connectivity index (χ3v) is 4.59. The Labute approximate surface area is 132 Å². The van der Waals surface area contributed by atoms with Crippen molar-refractivity contribution in [3.63, 3.8) is 0 Å². The molecule has 1 heterocycles. The van der Waals surface area contributed by atoms with Gasteiger partial charge >= 0.3 is 0 Å². The Kier molecular flexibility index (Phi) is 4.33. The lowest BCUT2D eigenvalue weighted by molar-refractivity contribution is -0.194. The van der Waals surface area contributed by atoms with E-state index in [0.29, 0.717) is 31.8 Å². The summed E-state index contributed by atoms with van der Waals surface area (Å²) in [4.78, 5) is 12.2. The average molecular weight is 329 g/mol. The van der Waals surface area contributed by atoms with Crippen LogP contribution in [0.3, 0.4) is 0 Å². The molecule has 3 atom stereocenters. The predicted molar refractivity (Wildman–Crippen MR) is 75.5 cm³/mol. The highest BCUT2D eigenvalue weighted by molar-refractivity contribution is 5.94. The quantitative estimate of drug-likeness (QED) is 0.864. The Bertz CT molecular complexity index is 594. The van der Waals surface area contributed by atoms with Gasteiger partial charge in [0.1, 0.15) is 5.60 Å². The minimum absolute atomic E-state index is 0.0954. The van der Waals surface area contributed by atoms with Gasteiger partial charge in [-0.15, -0.1) is 0 Å². The molecular weight excluding hydrogens is 311 g/mol. The molecule has 4 nitrogen and oxygen atoms in total. The molecular formula is C16H18F3NO3. The molecule has 3 rings (SSSR count). The van der Waals surface area contributed by atoms with E-state index in [0.717, 1.165) is 12.8 Å². The van der Waals surface area contributed by atoms with Gasteiger partial charge in [0.25, 0.3) is 5.91 Å². The smallest absolute Gasteiger partial charge is 0.251 e. The van der Waals surface area contributed by atoms with Crippen LogP contribution in [0.4, 0.5) is 13.2 Å². The minimum atomic E-state index is -1.59. The monoisotopic (exact) mass is 329 g/mol. The summed E-state index contributed by atoms with van der Waals surface area (Å²) in [6.07, 6.45) is 2.11. The van der Waals surface area contributed by atoms with Crippen LogP contribution in [-0.4, -0.2) is 36.9 Å². The first-order valence-corrected chi connectivity index (χ1v) is 7.69. The summed E-state index contributed by atoms with van der Waals surface area (Å²) in [5.74, 6) is -5.01. The molecule has 0 bridgehead atoms. The second-order valence-corrected chi connectivity index (χ2v) is 5.87. The van der Waals surface area contributed by atoms with Crippen LogP contribution < -0.4 is 5.32 Å². The summed E-state index contributed by atoms with van der Waals surface area (Å²) in [5.41, 5.74) is -0.822. The Balaban J connectivity index is 1.73. The maximum atomic E-state index is 13.3. The van der Waals surface area contributed by atoms with E-state index in [1.807, 2.05) is 6.92 Å². The van der Waals surface area contributed by atoms with Crippen molar-refractivity contribution in [1.29, 1.82) is 0 Å². The highest BCUT2D eigenvalue weighted by Gasteiger charge is 2.59. The molecule has 0 aromatic heterocycles. The number of benzene rings is 1.